The summed E-state index contributed by atoms with van der Waals surface area (Å²) in [5, 5.41) is 4.56. The van der Waals surface area contributed by atoms with Gasteiger partial charge in [0.15, 0.2) is 0 Å². The molecule has 0 bridgehead atoms. The minimum Gasteiger partial charge on any atom is -0.273 e. The molecule has 0 heterocycles. The zero-order valence-corrected chi connectivity index (χ0v) is 15.2. The van der Waals surface area contributed by atoms with E-state index in [1.54, 1.807) is 30.0 Å². The molecule has 0 aromatic heterocycles. The zero-order valence-electron chi connectivity index (χ0n) is 12.9. The molecule has 126 valence electrons. The van der Waals surface area contributed by atoms with Gasteiger partial charge in [0.25, 0.3) is 0 Å². The molecule has 0 aliphatic carbocycles. The molecule has 7 heteroatoms. The molecule has 0 unspecified atom stereocenters. The molecular formula is C17H15Cl2FN2OS. The lowest BCUT2D eigenvalue weighted by Gasteiger charge is -2.08. The van der Waals surface area contributed by atoms with Crippen LogP contribution in [0.15, 0.2) is 46.4 Å². The number of hydrogen-bond acceptors (Lipinski definition) is 3. The topological polar surface area (TPSA) is 41.5 Å². The molecule has 0 spiro atoms. The van der Waals surface area contributed by atoms with Crippen LogP contribution >= 0.6 is 35.0 Å². The summed E-state index contributed by atoms with van der Waals surface area (Å²) in [7, 11) is 0. The van der Waals surface area contributed by atoms with E-state index in [1.165, 1.54) is 18.3 Å². The molecule has 1 N–H and O–H groups in total. The van der Waals surface area contributed by atoms with Crippen LogP contribution in [0.5, 0.6) is 0 Å². The van der Waals surface area contributed by atoms with Gasteiger partial charge in [-0.15, -0.1) is 11.8 Å². The molecular weight excluding hydrogens is 370 g/mol. The van der Waals surface area contributed by atoms with E-state index in [4.69, 9.17) is 23.2 Å². The quantitative estimate of drug-likeness (QED) is 0.435. The van der Waals surface area contributed by atoms with Gasteiger partial charge in [-0.25, -0.2) is 9.82 Å². The number of hydrogen-bond donors (Lipinski definition) is 1. The normalized spacial score (nSPS) is 11.0. The van der Waals surface area contributed by atoms with Crippen molar-refractivity contribution in [2.24, 2.45) is 5.10 Å². The Kier molecular flexibility index (Phi) is 7.09. The highest BCUT2D eigenvalue weighted by Gasteiger charge is 2.09. The highest BCUT2D eigenvalue weighted by Crippen LogP contribution is 2.26. The second kappa shape index (κ2) is 9.06. The van der Waals surface area contributed by atoms with Crippen LogP contribution in [0.1, 0.15) is 18.1 Å². The standard InChI is InChI=1S/C17H15Cl2FN2OS/c1-2-24-16-7-6-12(18)8-11(16)9-17(23)22-21-10-13-14(19)4-3-5-15(13)20/h3-8,10H,2,9H2,1H3,(H,22,23)/b21-10-. The Bertz CT molecular complexity index is 748. The lowest BCUT2D eigenvalue weighted by Crippen LogP contribution is -2.20. The molecule has 3 nitrogen and oxygen atoms in total. The van der Waals surface area contributed by atoms with Gasteiger partial charge < -0.3 is 0 Å². The van der Waals surface area contributed by atoms with Crippen LogP contribution in [0.2, 0.25) is 10.0 Å². The summed E-state index contributed by atoms with van der Waals surface area (Å²) in [6.07, 6.45) is 1.32. The maximum atomic E-state index is 13.6. The van der Waals surface area contributed by atoms with Crippen molar-refractivity contribution in [3.8, 4) is 0 Å². The minimum atomic E-state index is -0.503. The fraction of sp³-hybridized carbons (Fsp3) is 0.176. The molecule has 0 radical (unpaired) electrons. The monoisotopic (exact) mass is 384 g/mol. The number of halogens is 3. The van der Waals surface area contributed by atoms with Crippen molar-refractivity contribution < 1.29 is 9.18 Å². The molecule has 2 aromatic carbocycles. The lowest BCUT2D eigenvalue weighted by molar-refractivity contribution is -0.120. The molecule has 0 saturated carbocycles. The first-order chi connectivity index (χ1) is 11.5. The van der Waals surface area contributed by atoms with Crippen LogP contribution in [0.4, 0.5) is 4.39 Å². The van der Waals surface area contributed by atoms with Gasteiger partial charge in [-0.1, -0.05) is 36.2 Å². The van der Waals surface area contributed by atoms with Gasteiger partial charge in [0, 0.05) is 15.5 Å². The van der Waals surface area contributed by atoms with Crippen LogP contribution in [-0.4, -0.2) is 17.9 Å². The van der Waals surface area contributed by atoms with Crippen molar-refractivity contribution in [1.29, 1.82) is 0 Å². The van der Waals surface area contributed by atoms with Crippen LogP contribution in [-0.2, 0) is 11.2 Å². The molecule has 0 aliphatic rings. The Morgan fingerprint density at radius 1 is 1.33 bits per heavy atom. The van der Waals surface area contributed by atoms with Crippen molar-refractivity contribution >= 4 is 47.1 Å². The average molecular weight is 385 g/mol. The van der Waals surface area contributed by atoms with Crippen LogP contribution in [0.3, 0.4) is 0 Å². The first-order valence-electron chi connectivity index (χ1n) is 7.18. The molecule has 2 rings (SSSR count). The molecule has 0 saturated heterocycles. The van der Waals surface area contributed by atoms with E-state index in [-0.39, 0.29) is 22.9 Å². The number of hydrazone groups is 1. The van der Waals surface area contributed by atoms with Crippen molar-refractivity contribution in [3.05, 3.63) is 63.4 Å². The van der Waals surface area contributed by atoms with Crippen LogP contribution < -0.4 is 5.43 Å². The van der Waals surface area contributed by atoms with Crippen LogP contribution in [0.25, 0.3) is 0 Å². The van der Waals surface area contributed by atoms with E-state index in [2.05, 4.69) is 10.5 Å². The summed E-state index contributed by atoms with van der Waals surface area (Å²) in [4.78, 5) is 13.0. The number of rotatable bonds is 6. The molecule has 24 heavy (non-hydrogen) atoms. The summed E-state index contributed by atoms with van der Waals surface area (Å²) in [6, 6.07) is 9.76. The van der Waals surface area contributed by atoms with E-state index >= 15 is 0 Å². The third-order valence-corrected chi connectivity index (χ3v) is 4.62. The Hall–Kier alpha value is -1.56. The van der Waals surface area contributed by atoms with E-state index in [0.29, 0.717) is 5.02 Å². The number of thioether (sulfide) groups is 1. The third-order valence-electron chi connectivity index (χ3n) is 3.06. The van der Waals surface area contributed by atoms with Gasteiger partial charge >= 0.3 is 0 Å². The first-order valence-corrected chi connectivity index (χ1v) is 8.92. The van der Waals surface area contributed by atoms with E-state index in [0.717, 1.165) is 16.2 Å². The van der Waals surface area contributed by atoms with E-state index < -0.39 is 5.82 Å². The van der Waals surface area contributed by atoms with Gasteiger partial charge in [0.05, 0.1) is 17.7 Å². The third kappa shape index (κ3) is 5.23. The summed E-state index contributed by atoms with van der Waals surface area (Å²) in [6.45, 7) is 2.03. The van der Waals surface area contributed by atoms with Crippen molar-refractivity contribution in [2.75, 3.05) is 5.75 Å². The lowest BCUT2D eigenvalue weighted by atomic mass is 10.1. The number of amides is 1. The maximum Gasteiger partial charge on any atom is 0.244 e. The number of nitrogens with one attached hydrogen (secondary N) is 1. The first kappa shape index (κ1) is 18.8. The van der Waals surface area contributed by atoms with Gasteiger partial charge in [0.1, 0.15) is 5.82 Å². The average Bonchev–Trinajstić information content (AvgIpc) is 2.53. The molecule has 0 fully saturated rings. The summed E-state index contributed by atoms with van der Waals surface area (Å²) >= 11 is 13.5. The number of nitrogens with zero attached hydrogens (tertiary/aromatic N) is 1. The zero-order chi connectivity index (χ0) is 17.5. The van der Waals surface area contributed by atoms with Gasteiger partial charge in [0.2, 0.25) is 5.91 Å². The summed E-state index contributed by atoms with van der Waals surface area (Å²) in [5.74, 6) is 0.0658. The van der Waals surface area contributed by atoms with Crippen molar-refractivity contribution in [3.63, 3.8) is 0 Å². The maximum absolute atomic E-state index is 13.6. The van der Waals surface area contributed by atoms with E-state index in [9.17, 15) is 9.18 Å². The van der Waals surface area contributed by atoms with Crippen molar-refractivity contribution in [1.82, 2.24) is 5.43 Å². The number of carbonyl (C=O) groups is 1. The highest BCUT2D eigenvalue weighted by molar-refractivity contribution is 7.99. The Balaban J connectivity index is 2.04. The van der Waals surface area contributed by atoms with Gasteiger partial charge in [-0.05, 0) is 41.6 Å². The largest absolute Gasteiger partial charge is 0.273 e. The Morgan fingerprint density at radius 2 is 2.12 bits per heavy atom. The van der Waals surface area contributed by atoms with Crippen LogP contribution in [0, 0.1) is 5.82 Å². The predicted molar refractivity (Wildman–Crippen MR) is 98.7 cm³/mol. The Morgan fingerprint density at radius 3 is 2.83 bits per heavy atom. The molecule has 1 amide bonds. The second-order valence-corrected chi connectivity index (χ2v) is 6.94. The predicted octanol–water partition coefficient (Wildman–Crippen LogP) is 4.94. The molecule has 2 aromatic rings. The van der Waals surface area contributed by atoms with Gasteiger partial charge in [-0.2, -0.15) is 5.10 Å². The second-order valence-electron chi connectivity index (χ2n) is 4.79. The van der Waals surface area contributed by atoms with E-state index in [1.807, 2.05) is 13.0 Å². The SMILES string of the molecule is CCSc1ccc(Cl)cc1CC(=O)N/N=C\c1c(F)cccc1Cl. The number of benzene rings is 2. The summed E-state index contributed by atoms with van der Waals surface area (Å²) in [5.41, 5.74) is 3.33. The summed E-state index contributed by atoms with van der Waals surface area (Å²) < 4.78 is 13.6. The van der Waals surface area contributed by atoms with Gasteiger partial charge in [-0.3, -0.25) is 4.79 Å². The molecule has 0 atom stereocenters. The molecule has 0 aliphatic heterocycles. The smallest absolute Gasteiger partial charge is 0.244 e. The number of carbonyl (C=O) groups excluding carboxylic acids is 1. The minimum absolute atomic E-state index is 0.129. The fourth-order valence-corrected chi connectivity index (χ4v) is 3.20. The highest BCUT2D eigenvalue weighted by atomic mass is 35.5. The Labute approximate surface area is 154 Å². The fourth-order valence-electron chi connectivity index (χ4n) is 2.00. The van der Waals surface area contributed by atoms with Crippen molar-refractivity contribution in [2.45, 2.75) is 18.2 Å².